The largest absolute Gasteiger partial charge is 0.347 e. The summed E-state index contributed by atoms with van der Waals surface area (Å²) in [5, 5.41) is 7.10. The fourth-order valence-corrected chi connectivity index (χ4v) is 2.34. The average molecular weight is 310 g/mol. The molecule has 7 heteroatoms. The summed E-state index contributed by atoms with van der Waals surface area (Å²) < 4.78 is 1.47. The molecule has 0 amide bonds. The number of nitrogens with one attached hydrogen (secondary N) is 1. The smallest absolute Gasteiger partial charge is 0.330 e. The molecule has 1 atom stereocenters. The number of aryl methyl sites for hydroxylation is 1. The Hall–Kier alpha value is -1.63. The first-order chi connectivity index (χ1) is 10.0. The topological polar surface area (TPSA) is 103 Å². The lowest BCUT2D eigenvalue weighted by molar-refractivity contribution is 0.557. The molecule has 114 valence electrons. The lowest BCUT2D eigenvalue weighted by Crippen LogP contribution is -2.22. The monoisotopic (exact) mass is 309 g/mol. The van der Waals surface area contributed by atoms with Gasteiger partial charge in [0.15, 0.2) is 5.82 Å². The highest BCUT2D eigenvalue weighted by Crippen LogP contribution is 2.21. The van der Waals surface area contributed by atoms with Crippen molar-refractivity contribution in [2.24, 2.45) is 11.5 Å². The fraction of sp³-hybridized carbons (Fsp3) is 0.429. The summed E-state index contributed by atoms with van der Waals surface area (Å²) in [5.41, 5.74) is 12.9. The molecule has 1 heterocycles. The second-order valence-corrected chi connectivity index (χ2v) is 5.45. The van der Waals surface area contributed by atoms with Crippen molar-refractivity contribution in [2.45, 2.75) is 32.2 Å². The van der Waals surface area contributed by atoms with Crippen molar-refractivity contribution < 1.29 is 0 Å². The minimum absolute atomic E-state index is 0.320. The van der Waals surface area contributed by atoms with Crippen LogP contribution >= 0.6 is 11.6 Å². The predicted octanol–water partition coefficient (Wildman–Crippen LogP) is 1.65. The van der Waals surface area contributed by atoms with Gasteiger partial charge in [-0.25, -0.2) is 14.5 Å². The van der Waals surface area contributed by atoms with Gasteiger partial charge in [-0.3, -0.25) is 0 Å². The van der Waals surface area contributed by atoms with Crippen LogP contribution in [0.4, 0.5) is 0 Å². The second-order valence-electron chi connectivity index (χ2n) is 5.05. The van der Waals surface area contributed by atoms with E-state index in [0.717, 1.165) is 24.8 Å². The van der Waals surface area contributed by atoms with Gasteiger partial charge in [-0.15, -0.1) is 0 Å². The molecule has 2 aromatic rings. The zero-order chi connectivity index (χ0) is 15.4. The second kappa shape index (κ2) is 6.89. The molecular weight excluding hydrogens is 290 g/mol. The van der Waals surface area contributed by atoms with Crippen molar-refractivity contribution in [3.8, 4) is 5.69 Å². The predicted molar refractivity (Wildman–Crippen MR) is 83.8 cm³/mol. The first-order valence-corrected chi connectivity index (χ1v) is 7.32. The van der Waals surface area contributed by atoms with Crippen LogP contribution in [0.2, 0.25) is 5.02 Å². The van der Waals surface area contributed by atoms with E-state index in [1.165, 1.54) is 4.57 Å². The fourth-order valence-electron chi connectivity index (χ4n) is 2.17. The molecule has 0 fully saturated rings. The summed E-state index contributed by atoms with van der Waals surface area (Å²) in [4.78, 5) is 12.0. The summed E-state index contributed by atoms with van der Waals surface area (Å²) in [5.74, 6) is 0.511. The van der Waals surface area contributed by atoms with Gasteiger partial charge in [0.25, 0.3) is 0 Å². The lowest BCUT2D eigenvalue weighted by Gasteiger charge is -2.13. The van der Waals surface area contributed by atoms with Gasteiger partial charge in [-0.1, -0.05) is 24.1 Å². The van der Waals surface area contributed by atoms with E-state index >= 15 is 0 Å². The molecule has 5 N–H and O–H groups in total. The Morgan fingerprint density at radius 2 is 2.19 bits per heavy atom. The van der Waals surface area contributed by atoms with Crippen LogP contribution in [-0.2, 0) is 0 Å². The molecule has 2 rings (SSSR count). The van der Waals surface area contributed by atoms with Gasteiger partial charge in [0.2, 0.25) is 0 Å². The minimum Gasteiger partial charge on any atom is -0.330 e. The van der Waals surface area contributed by atoms with Gasteiger partial charge in [0.05, 0.1) is 11.7 Å². The molecule has 6 nitrogen and oxygen atoms in total. The Balaban J connectivity index is 2.33. The average Bonchev–Trinajstić information content (AvgIpc) is 2.84. The molecule has 1 aromatic heterocycles. The summed E-state index contributed by atoms with van der Waals surface area (Å²) in [7, 11) is 0. The number of nitrogens with zero attached hydrogens (tertiary/aromatic N) is 2. The van der Waals surface area contributed by atoms with E-state index in [2.05, 4.69) is 10.2 Å². The Bertz CT molecular complexity index is 664. The quantitative estimate of drug-likeness (QED) is 0.706. The number of hydrogen-bond acceptors (Lipinski definition) is 4. The van der Waals surface area contributed by atoms with E-state index in [9.17, 15) is 4.79 Å². The van der Waals surface area contributed by atoms with Crippen molar-refractivity contribution >= 4 is 11.6 Å². The number of unbranched alkanes of at least 4 members (excludes halogenated alkanes) is 1. The van der Waals surface area contributed by atoms with Gasteiger partial charge >= 0.3 is 5.69 Å². The van der Waals surface area contributed by atoms with E-state index in [1.54, 1.807) is 6.07 Å². The summed E-state index contributed by atoms with van der Waals surface area (Å²) in [6.07, 6.45) is 2.52. The maximum Gasteiger partial charge on any atom is 0.347 e. The SMILES string of the molecule is Cc1ccc(-n2c(C(N)CCCCN)n[nH]c2=O)cc1Cl. The number of hydrogen-bond donors (Lipinski definition) is 3. The molecule has 21 heavy (non-hydrogen) atoms. The molecule has 0 radical (unpaired) electrons. The highest BCUT2D eigenvalue weighted by atomic mass is 35.5. The molecule has 1 aromatic carbocycles. The van der Waals surface area contributed by atoms with Crippen molar-refractivity contribution in [1.82, 2.24) is 14.8 Å². The normalized spacial score (nSPS) is 12.6. The third-order valence-electron chi connectivity index (χ3n) is 3.41. The lowest BCUT2D eigenvalue weighted by atomic mass is 10.1. The van der Waals surface area contributed by atoms with E-state index in [0.29, 0.717) is 23.1 Å². The zero-order valence-electron chi connectivity index (χ0n) is 12.0. The van der Waals surface area contributed by atoms with Crippen molar-refractivity contribution in [3.63, 3.8) is 0 Å². The zero-order valence-corrected chi connectivity index (χ0v) is 12.7. The number of benzene rings is 1. The standard InChI is InChI=1S/C14H20ClN5O/c1-9-5-6-10(8-11(9)15)20-13(18-19-14(20)21)12(17)4-2-3-7-16/h5-6,8,12H,2-4,7,16-17H2,1H3,(H,19,21). The van der Waals surface area contributed by atoms with Crippen molar-refractivity contribution in [2.75, 3.05) is 6.54 Å². The molecule has 0 bridgehead atoms. The van der Waals surface area contributed by atoms with Crippen LogP contribution in [0.1, 0.15) is 36.7 Å². The van der Waals surface area contributed by atoms with E-state index < -0.39 is 0 Å². The van der Waals surface area contributed by atoms with E-state index in [-0.39, 0.29) is 11.7 Å². The Kier molecular flexibility index (Phi) is 5.17. The molecular formula is C14H20ClN5O. The van der Waals surface area contributed by atoms with Gasteiger partial charge in [-0.05, 0) is 44.0 Å². The van der Waals surface area contributed by atoms with Crippen LogP contribution in [0.25, 0.3) is 5.69 Å². The van der Waals surface area contributed by atoms with Crippen LogP contribution in [0.15, 0.2) is 23.0 Å². The number of rotatable bonds is 6. The van der Waals surface area contributed by atoms with Crippen LogP contribution < -0.4 is 17.2 Å². The summed E-state index contributed by atoms with van der Waals surface area (Å²) in [6, 6.07) is 5.11. The molecule has 0 aliphatic heterocycles. The third-order valence-corrected chi connectivity index (χ3v) is 3.82. The van der Waals surface area contributed by atoms with Gasteiger partial charge in [0, 0.05) is 5.02 Å². The molecule has 0 saturated carbocycles. The van der Waals surface area contributed by atoms with Gasteiger partial charge < -0.3 is 11.5 Å². The Morgan fingerprint density at radius 3 is 2.86 bits per heavy atom. The van der Waals surface area contributed by atoms with Crippen molar-refractivity contribution in [3.05, 3.63) is 45.1 Å². The van der Waals surface area contributed by atoms with E-state index in [4.69, 9.17) is 23.1 Å². The maximum atomic E-state index is 12.0. The highest BCUT2D eigenvalue weighted by molar-refractivity contribution is 6.31. The maximum absolute atomic E-state index is 12.0. The van der Waals surface area contributed by atoms with Crippen LogP contribution in [-0.4, -0.2) is 21.3 Å². The van der Waals surface area contributed by atoms with Crippen LogP contribution in [0.3, 0.4) is 0 Å². The first-order valence-electron chi connectivity index (χ1n) is 6.94. The molecule has 0 aliphatic rings. The van der Waals surface area contributed by atoms with Crippen LogP contribution in [0.5, 0.6) is 0 Å². The third kappa shape index (κ3) is 3.53. The van der Waals surface area contributed by atoms with E-state index in [1.807, 2.05) is 19.1 Å². The molecule has 0 spiro atoms. The number of aromatic amines is 1. The minimum atomic E-state index is -0.324. The Labute approximate surface area is 128 Å². The molecule has 1 unspecified atom stereocenters. The van der Waals surface area contributed by atoms with Gasteiger partial charge in [-0.2, -0.15) is 5.10 Å². The summed E-state index contributed by atoms with van der Waals surface area (Å²) in [6.45, 7) is 2.54. The first kappa shape index (κ1) is 15.8. The molecule has 0 saturated heterocycles. The highest BCUT2D eigenvalue weighted by Gasteiger charge is 2.17. The number of nitrogens with two attached hydrogens (primary N) is 2. The van der Waals surface area contributed by atoms with Crippen LogP contribution in [0, 0.1) is 6.92 Å². The van der Waals surface area contributed by atoms with Gasteiger partial charge in [0.1, 0.15) is 0 Å². The summed E-state index contributed by atoms with van der Waals surface area (Å²) >= 11 is 6.13. The Morgan fingerprint density at radius 1 is 1.43 bits per heavy atom. The number of halogens is 1. The van der Waals surface area contributed by atoms with Crippen molar-refractivity contribution in [1.29, 1.82) is 0 Å². The number of H-pyrrole nitrogens is 1. The number of aromatic nitrogens is 3. The molecule has 0 aliphatic carbocycles.